The fraction of sp³-hybridized carbons (Fsp3) is 0.611. The van der Waals surface area contributed by atoms with Gasteiger partial charge in [0.15, 0.2) is 0 Å². The number of nitrogens with one attached hydrogen (secondary N) is 2. The van der Waals surface area contributed by atoms with Crippen LogP contribution in [0.15, 0.2) is 24.3 Å². The number of benzene rings is 1. The van der Waals surface area contributed by atoms with Gasteiger partial charge in [0.05, 0.1) is 13.2 Å². The van der Waals surface area contributed by atoms with Crippen molar-refractivity contribution < 1.29 is 19.0 Å². The zero-order chi connectivity index (χ0) is 17.4. The molecule has 0 heterocycles. The summed E-state index contributed by atoms with van der Waals surface area (Å²) >= 11 is 0. The maximum Gasteiger partial charge on any atom is 0.315 e. The van der Waals surface area contributed by atoms with Gasteiger partial charge in [-0.3, -0.25) is 0 Å². The monoisotopic (exact) mass is 338 g/mol. The Hall–Kier alpha value is -1.82. The number of ether oxygens (including phenoxy) is 1. The van der Waals surface area contributed by atoms with Crippen molar-refractivity contribution in [3.63, 3.8) is 0 Å². The molecule has 1 saturated carbocycles. The molecular formula is C18H27FN2O3. The lowest BCUT2D eigenvalue weighted by atomic mass is 9.86. The van der Waals surface area contributed by atoms with Gasteiger partial charge in [-0.15, -0.1) is 0 Å². The van der Waals surface area contributed by atoms with Crippen molar-refractivity contribution in [1.82, 2.24) is 10.6 Å². The van der Waals surface area contributed by atoms with Crippen molar-refractivity contribution in [2.75, 3.05) is 19.8 Å². The summed E-state index contributed by atoms with van der Waals surface area (Å²) in [7, 11) is 0. The second kappa shape index (κ2) is 8.87. The summed E-state index contributed by atoms with van der Waals surface area (Å²) in [6.07, 6.45) is 4.49. The Morgan fingerprint density at radius 2 is 2.12 bits per heavy atom. The minimum atomic E-state index is -0.280. The second-order valence-corrected chi connectivity index (χ2v) is 6.67. The average Bonchev–Trinajstić information content (AvgIpc) is 2.94. The van der Waals surface area contributed by atoms with E-state index in [9.17, 15) is 14.3 Å². The van der Waals surface area contributed by atoms with Crippen LogP contribution in [0, 0.1) is 11.2 Å². The van der Waals surface area contributed by atoms with Gasteiger partial charge in [-0.1, -0.05) is 13.3 Å². The van der Waals surface area contributed by atoms with E-state index in [2.05, 4.69) is 10.6 Å². The normalized spacial score (nSPS) is 23.0. The van der Waals surface area contributed by atoms with Gasteiger partial charge in [-0.05, 0) is 49.9 Å². The molecule has 2 atom stereocenters. The minimum Gasteiger partial charge on any atom is -0.494 e. The first kappa shape index (κ1) is 18.5. The van der Waals surface area contributed by atoms with Crippen LogP contribution in [0.2, 0.25) is 0 Å². The van der Waals surface area contributed by atoms with Crippen LogP contribution in [0.5, 0.6) is 5.75 Å². The fourth-order valence-corrected chi connectivity index (χ4v) is 3.03. The summed E-state index contributed by atoms with van der Waals surface area (Å²) in [6, 6.07) is 5.78. The molecule has 24 heavy (non-hydrogen) atoms. The SMILES string of the molecule is CC1(CO)CCCC1NC(=O)NCCCCOc1ccc(F)cc1. The summed E-state index contributed by atoms with van der Waals surface area (Å²) in [6.45, 7) is 3.21. The molecule has 3 N–H and O–H groups in total. The Labute approximate surface area is 142 Å². The maximum absolute atomic E-state index is 12.8. The van der Waals surface area contributed by atoms with E-state index in [-0.39, 0.29) is 29.9 Å². The largest absolute Gasteiger partial charge is 0.494 e. The highest BCUT2D eigenvalue weighted by Gasteiger charge is 2.38. The first-order valence-electron chi connectivity index (χ1n) is 8.57. The van der Waals surface area contributed by atoms with Crippen LogP contribution in [-0.2, 0) is 0 Å². The third kappa shape index (κ3) is 5.37. The summed E-state index contributed by atoms with van der Waals surface area (Å²) in [4.78, 5) is 11.9. The van der Waals surface area contributed by atoms with E-state index >= 15 is 0 Å². The number of hydrogen-bond acceptors (Lipinski definition) is 3. The summed E-state index contributed by atoms with van der Waals surface area (Å²) in [5.41, 5.74) is -0.208. The van der Waals surface area contributed by atoms with Gasteiger partial charge in [-0.2, -0.15) is 0 Å². The molecule has 0 radical (unpaired) electrons. The smallest absolute Gasteiger partial charge is 0.315 e. The molecule has 1 aromatic carbocycles. The van der Waals surface area contributed by atoms with Crippen LogP contribution < -0.4 is 15.4 Å². The van der Waals surface area contributed by atoms with Gasteiger partial charge in [0.2, 0.25) is 0 Å². The number of hydrogen-bond donors (Lipinski definition) is 3. The molecule has 1 aromatic rings. The average molecular weight is 338 g/mol. The quantitative estimate of drug-likeness (QED) is 0.638. The Kier molecular flexibility index (Phi) is 6.85. The topological polar surface area (TPSA) is 70.6 Å². The Morgan fingerprint density at radius 3 is 2.83 bits per heavy atom. The zero-order valence-corrected chi connectivity index (χ0v) is 14.2. The van der Waals surface area contributed by atoms with E-state index in [0.29, 0.717) is 18.9 Å². The summed E-state index contributed by atoms with van der Waals surface area (Å²) in [5, 5.41) is 15.3. The molecule has 6 heteroatoms. The first-order chi connectivity index (χ1) is 11.5. The van der Waals surface area contributed by atoms with Crippen LogP contribution >= 0.6 is 0 Å². The first-order valence-corrected chi connectivity index (χ1v) is 8.57. The fourth-order valence-electron chi connectivity index (χ4n) is 3.03. The lowest BCUT2D eigenvalue weighted by molar-refractivity contribution is 0.121. The standard InChI is InChI=1S/C18H27FN2O3/c1-18(13-22)10-4-5-16(18)21-17(23)20-11-2-3-12-24-15-8-6-14(19)7-9-15/h6-9,16,22H,2-5,10-13H2,1H3,(H2,20,21,23). The molecule has 0 aromatic heterocycles. The van der Waals surface area contributed by atoms with E-state index in [0.717, 1.165) is 32.1 Å². The number of aliphatic hydroxyl groups excluding tert-OH is 1. The van der Waals surface area contributed by atoms with E-state index in [1.165, 1.54) is 12.1 Å². The van der Waals surface area contributed by atoms with Crippen LogP contribution in [0.4, 0.5) is 9.18 Å². The Balaban J connectivity index is 1.55. The van der Waals surface area contributed by atoms with Crippen LogP contribution in [0.1, 0.15) is 39.0 Å². The highest BCUT2D eigenvalue weighted by atomic mass is 19.1. The number of halogens is 1. The van der Waals surface area contributed by atoms with Gasteiger partial charge in [0.1, 0.15) is 11.6 Å². The van der Waals surface area contributed by atoms with Gasteiger partial charge in [0, 0.05) is 18.0 Å². The Morgan fingerprint density at radius 1 is 1.38 bits per heavy atom. The van der Waals surface area contributed by atoms with Crippen LogP contribution in [-0.4, -0.2) is 36.9 Å². The molecule has 0 aliphatic heterocycles. The van der Waals surface area contributed by atoms with Gasteiger partial charge in [0.25, 0.3) is 0 Å². The zero-order valence-electron chi connectivity index (χ0n) is 14.2. The van der Waals surface area contributed by atoms with Gasteiger partial charge < -0.3 is 20.5 Å². The van der Waals surface area contributed by atoms with Crippen LogP contribution in [0.25, 0.3) is 0 Å². The lowest BCUT2D eigenvalue weighted by Gasteiger charge is -2.30. The maximum atomic E-state index is 12.8. The minimum absolute atomic E-state index is 0.0318. The molecule has 1 fully saturated rings. The van der Waals surface area contributed by atoms with E-state index in [4.69, 9.17) is 4.74 Å². The number of carbonyl (C=O) groups excluding carboxylic acids is 1. The van der Waals surface area contributed by atoms with E-state index in [1.807, 2.05) is 6.92 Å². The van der Waals surface area contributed by atoms with Crippen molar-refractivity contribution in [2.24, 2.45) is 5.41 Å². The summed E-state index contributed by atoms with van der Waals surface area (Å²) < 4.78 is 18.2. The second-order valence-electron chi connectivity index (χ2n) is 6.67. The molecular weight excluding hydrogens is 311 g/mol. The number of rotatable bonds is 8. The summed E-state index contributed by atoms with van der Waals surface area (Å²) in [5.74, 6) is 0.365. The molecule has 1 aliphatic rings. The Bertz CT molecular complexity index is 524. The number of carbonyl (C=O) groups is 1. The molecule has 2 amide bonds. The van der Waals surface area contributed by atoms with E-state index in [1.54, 1.807) is 12.1 Å². The predicted molar refractivity (Wildman–Crippen MR) is 90.5 cm³/mol. The lowest BCUT2D eigenvalue weighted by Crippen LogP contribution is -2.48. The van der Waals surface area contributed by atoms with Crippen molar-refractivity contribution in [2.45, 2.75) is 45.1 Å². The van der Waals surface area contributed by atoms with Gasteiger partial charge in [-0.25, -0.2) is 9.18 Å². The number of aliphatic hydroxyl groups is 1. The van der Waals surface area contributed by atoms with Gasteiger partial charge >= 0.3 is 6.03 Å². The number of amides is 2. The molecule has 2 unspecified atom stereocenters. The van der Waals surface area contributed by atoms with Crippen molar-refractivity contribution >= 4 is 6.03 Å². The molecule has 0 bridgehead atoms. The predicted octanol–water partition coefficient (Wildman–Crippen LogP) is 2.84. The molecule has 134 valence electrons. The van der Waals surface area contributed by atoms with E-state index < -0.39 is 0 Å². The highest BCUT2D eigenvalue weighted by molar-refractivity contribution is 5.74. The van der Waals surface area contributed by atoms with Crippen molar-refractivity contribution in [3.8, 4) is 5.75 Å². The molecule has 0 spiro atoms. The molecule has 2 rings (SSSR count). The molecule has 5 nitrogen and oxygen atoms in total. The third-order valence-corrected chi connectivity index (χ3v) is 4.69. The van der Waals surface area contributed by atoms with Crippen molar-refractivity contribution in [3.05, 3.63) is 30.1 Å². The molecule has 0 saturated heterocycles. The highest BCUT2D eigenvalue weighted by Crippen LogP contribution is 2.37. The van der Waals surface area contributed by atoms with Crippen LogP contribution in [0.3, 0.4) is 0 Å². The molecule has 1 aliphatic carbocycles. The van der Waals surface area contributed by atoms with Crippen molar-refractivity contribution in [1.29, 1.82) is 0 Å². The third-order valence-electron chi connectivity index (χ3n) is 4.69. The number of unbranched alkanes of at least 4 members (excludes halogenated alkanes) is 1. The number of urea groups is 1.